The summed E-state index contributed by atoms with van der Waals surface area (Å²) in [6.07, 6.45) is 0.0742. The zero-order valence-corrected chi connectivity index (χ0v) is 11.6. The smallest absolute Gasteiger partial charge is 0.223 e. The Morgan fingerprint density at radius 2 is 2.10 bits per heavy atom. The second kappa shape index (κ2) is 7.31. The normalized spacial score (nSPS) is 13.9. The first-order valence-corrected chi connectivity index (χ1v) is 6.42. The first-order valence-electron chi connectivity index (χ1n) is 6.42. The summed E-state index contributed by atoms with van der Waals surface area (Å²) in [5.74, 6) is -1.71. The van der Waals surface area contributed by atoms with Crippen molar-refractivity contribution in [3.63, 3.8) is 0 Å². The van der Waals surface area contributed by atoms with Crippen molar-refractivity contribution in [2.45, 2.75) is 19.4 Å². The molecule has 1 rings (SSSR count). The molecular formula is C14H20F2N2O2. The van der Waals surface area contributed by atoms with E-state index in [1.807, 2.05) is 0 Å². The van der Waals surface area contributed by atoms with E-state index in [4.69, 9.17) is 10.8 Å². The summed E-state index contributed by atoms with van der Waals surface area (Å²) in [5, 5.41) is 9.03. The third-order valence-corrected chi connectivity index (χ3v) is 3.44. The van der Waals surface area contributed by atoms with Crippen LogP contribution in [0.25, 0.3) is 0 Å². The van der Waals surface area contributed by atoms with Crippen LogP contribution in [0.5, 0.6) is 0 Å². The molecule has 0 saturated carbocycles. The molecule has 0 aliphatic carbocycles. The van der Waals surface area contributed by atoms with Gasteiger partial charge in [0.05, 0.1) is 6.04 Å². The summed E-state index contributed by atoms with van der Waals surface area (Å²) in [7, 11) is 1.52. The van der Waals surface area contributed by atoms with Crippen molar-refractivity contribution in [3.8, 4) is 0 Å². The predicted molar refractivity (Wildman–Crippen MR) is 71.8 cm³/mol. The Kier molecular flexibility index (Phi) is 6.04. The average molecular weight is 286 g/mol. The molecule has 1 aromatic carbocycles. The number of nitrogens with zero attached hydrogens (tertiary/aromatic N) is 1. The van der Waals surface area contributed by atoms with Gasteiger partial charge in [0.25, 0.3) is 0 Å². The van der Waals surface area contributed by atoms with Crippen LogP contribution in [0.15, 0.2) is 18.2 Å². The molecule has 1 aromatic rings. The SMILES string of the molecule is CC(c1cc(F)ccc1F)N(C)C(=O)CC(CN)CO. The van der Waals surface area contributed by atoms with E-state index < -0.39 is 17.7 Å². The van der Waals surface area contributed by atoms with Crippen LogP contribution in [0.4, 0.5) is 8.78 Å². The van der Waals surface area contributed by atoms with E-state index in [9.17, 15) is 13.6 Å². The van der Waals surface area contributed by atoms with E-state index in [0.29, 0.717) is 0 Å². The Hall–Kier alpha value is -1.53. The Morgan fingerprint density at radius 1 is 1.45 bits per heavy atom. The maximum absolute atomic E-state index is 13.7. The number of carbonyl (C=O) groups is 1. The quantitative estimate of drug-likeness (QED) is 0.831. The fourth-order valence-corrected chi connectivity index (χ4v) is 1.87. The van der Waals surface area contributed by atoms with Gasteiger partial charge in [0, 0.05) is 31.6 Å². The monoisotopic (exact) mass is 286 g/mol. The molecule has 2 unspecified atom stereocenters. The number of nitrogens with two attached hydrogens (primary N) is 1. The van der Waals surface area contributed by atoms with Crippen LogP contribution in [0, 0.1) is 17.6 Å². The highest BCUT2D eigenvalue weighted by Crippen LogP contribution is 2.23. The van der Waals surface area contributed by atoms with E-state index in [1.54, 1.807) is 6.92 Å². The Morgan fingerprint density at radius 3 is 2.65 bits per heavy atom. The van der Waals surface area contributed by atoms with Gasteiger partial charge in [0.15, 0.2) is 0 Å². The van der Waals surface area contributed by atoms with Crippen molar-refractivity contribution < 1.29 is 18.7 Å². The number of aliphatic hydroxyl groups is 1. The number of rotatable bonds is 6. The lowest BCUT2D eigenvalue weighted by Gasteiger charge is -2.27. The van der Waals surface area contributed by atoms with Crippen molar-refractivity contribution >= 4 is 5.91 Å². The zero-order chi connectivity index (χ0) is 15.3. The van der Waals surface area contributed by atoms with Crippen molar-refractivity contribution in [1.82, 2.24) is 4.90 Å². The molecule has 2 atom stereocenters. The summed E-state index contributed by atoms with van der Waals surface area (Å²) in [4.78, 5) is 13.4. The van der Waals surface area contributed by atoms with E-state index >= 15 is 0 Å². The molecule has 4 nitrogen and oxygen atoms in total. The standard InChI is InChI=1S/C14H20F2N2O2/c1-9(12-6-11(15)3-4-13(12)16)18(2)14(20)5-10(7-17)8-19/h3-4,6,9-10,19H,5,7-8,17H2,1-2H3. The fourth-order valence-electron chi connectivity index (χ4n) is 1.87. The van der Waals surface area contributed by atoms with Crippen molar-refractivity contribution in [2.75, 3.05) is 20.2 Å². The Bertz CT molecular complexity index is 464. The van der Waals surface area contributed by atoms with Crippen molar-refractivity contribution in [3.05, 3.63) is 35.4 Å². The van der Waals surface area contributed by atoms with E-state index in [0.717, 1.165) is 18.2 Å². The molecule has 0 aliphatic rings. The highest BCUT2D eigenvalue weighted by molar-refractivity contribution is 5.76. The fraction of sp³-hybridized carbons (Fsp3) is 0.500. The topological polar surface area (TPSA) is 66.6 Å². The van der Waals surface area contributed by atoms with Gasteiger partial charge in [-0.05, 0) is 31.7 Å². The number of halogens is 2. The van der Waals surface area contributed by atoms with E-state index in [-0.39, 0.29) is 37.0 Å². The second-order valence-corrected chi connectivity index (χ2v) is 4.83. The third kappa shape index (κ3) is 3.98. The van der Waals surface area contributed by atoms with Crippen LogP contribution in [0.1, 0.15) is 24.9 Å². The number of amides is 1. The molecule has 0 spiro atoms. The molecule has 20 heavy (non-hydrogen) atoms. The van der Waals surface area contributed by atoms with Gasteiger partial charge in [0.1, 0.15) is 11.6 Å². The highest BCUT2D eigenvalue weighted by Gasteiger charge is 2.22. The van der Waals surface area contributed by atoms with Gasteiger partial charge < -0.3 is 15.7 Å². The van der Waals surface area contributed by atoms with Gasteiger partial charge in [-0.15, -0.1) is 0 Å². The Labute approximate surface area is 117 Å². The van der Waals surface area contributed by atoms with E-state index in [1.165, 1.54) is 11.9 Å². The number of carbonyl (C=O) groups excluding carboxylic acids is 1. The maximum atomic E-state index is 13.7. The molecule has 0 radical (unpaired) electrons. The number of hydrogen-bond donors (Lipinski definition) is 2. The highest BCUT2D eigenvalue weighted by atomic mass is 19.1. The van der Waals surface area contributed by atoms with Crippen LogP contribution >= 0.6 is 0 Å². The van der Waals surface area contributed by atoms with Crippen molar-refractivity contribution in [2.24, 2.45) is 11.7 Å². The minimum atomic E-state index is -0.602. The average Bonchev–Trinajstić information content (AvgIpc) is 2.45. The first kappa shape index (κ1) is 16.5. The van der Waals surface area contributed by atoms with Crippen LogP contribution in [0.3, 0.4) is 0 Å². The summed E-state index contributed by atoms with van der Waals surface area (Å²) >= 11 is 0. The lowest BCUT2D eigenvalue weighted by molar-refractivity contribution is -0.133. The summed E-state index contributed by atoms with van der Waals surface area (Å²) in [6.45, 7) is 1.63. The van der Waals surface area contributed by atoms with Gasteiger partial charge in [-0.2, -0.15) is 0 Å². The second-order valence-electron chi connectivity index (χ2n) is 4.83. The van der Waals surface area contributed by atoms with Gasteiger partial charge in [-0.25, -0.2) is 8.78 Å². The number of hydrogen-bond acceptors (Lipinski definition) is 3. The van der Waals surface area contributed by atoms with Gasteiger partial charge >= 0.3 is 0 Å². The molecule has 0 aliphatic heterocycles. The molecule has 0 saturated heterocycles. The van der Waals surface area contributed by atoms with Crippen molar-refractivity contribution in [1.29, 1.82) is 0 Å². The van der Waals surface area contributed by atoms with Gasteiger partial charge in [-0.1, -0.05) is 0 Å². The van der Waals surface area contributed by atoms with Gasteiger partial charge in [0.2, 0.25) is 5.91 Å². The largest absolute Gasteiger partial charge is 0.396 e. The van der Waals surface area contributed by atoms with Crippen LogP contribution in [-0.2, 0) is 4.79 Å². The summed E-state index contributed by atoms with van der Waals surface area (Å²) in [6, 6.07) is 2.55. The lowest BCUT2D eigenvalue weighted by atomic mass is 10.0. The molecule has 3 N–H and O–H groups in total. The molecule has 0 fully saturated rings. The minimum Gasteiger partial charge on any atom is -0.396 e. The Balaban J connectivity index is 2.82. The van der Waals surface area contributed by atoms with Crippen LogP contribution < -0.4 is 5.73 Å². The lowest BCUT2D eigenvalue weighted by Crippen LogP contribution is -2.33. The summed E-state index contributed by atoms with van der Waals surface area (Å²) in [5.41, 5.74) is 5.54. The molecule has 112 valence electrons. The van der Waals surface area contributed by atoms with E-state index in [2.05, 4.69) is 0 Å². The molecule has 1 amide bonds. The predicted octanol–water partition coefficient (Wildman–Crippen LogP) is 1.44. The molecule has 6 heteroatoms. The minimum absolute atomic E-state index is 0.0742. The zero-order valence-electron chi connectivity index (χ0n) is 11.6. The third-order valence-electron chi connectivity index (χ3n) is 3.44. The molecular weight excluding hydrogens is 266 g/mol. The number of benzene rings is 1. The van der Waals surface area contributed by atoms with Gasteiger partial charge in [-0.3, -0.25) is 4.79 Å². The first-order chi connectivity index (χ1) is 9.40. The summed E-state index contributed by atoms with van der Waals surface area (Å²) < 4.78 is 26.8. The molecule has 0 bridgehead atoms. The van der Waals surface area contributed by atoms with Crippen LogP contribution in [-0.4, -0.2) is 36.1 Å². The van der Waals surface area contributed by atoms with Crippen LogP contribution in [0.2, 0.25) is 0 Å². The maximum Gasteiger partial charge on any atom is 0.223 e. The molecule has 0 heterocycles. The number of aliphatic hydroxyl groups excluding tert-OH is 1. The molecule has 0 aromatic heterocycles.